The van der Waals surface area contributed by atoms with Gasteiger partial charge in [-0.2, -0.15) is 10.2 Å². The number of nitrogens with one attached hydrogen (secondary N) is 2. The largest absolute Gasteiger partial charge is 2.00 e. The first-order chi connectivity index (χ1) is 14.0. The van der Waals surface area contributed by atoms with E-state index < -0.39 is 0 Å². The first kappa shape index (κ1) is 25.4. The normalized spacial score (nSPS) is 12.8. The second kappa shape index (κ2) is 12.8. The number of nitrogens with zero attached hydrogens (tertiary/aromatic N) is 4. The van der Waals surface area contributed by atoms with Crippen LogP contribution in [0.25, 0.3) is 0 Å². The second-order valence-electron chi connectivity index (χ2n) is 5.71. The van der Waals surface area contributed by atoms with Crippen LogP contribution in [-0.2, 0) is 42.3 Å². The van der Waals surface area contributed by atoms with Crippen LogP contribution in [0, 0.1) is 0 Å². The predicted octanol–water partition coefficient (Wildman–Crippen LogP) is 2.24. The third kappa shape index (κ3) is 7.31. The zero-order valence-corrected chi connectivity index (χ0v) is 19.1. The van der Waals surface area contributed by atoms with E-state index in [1.165, 1.54) is 6.92 Å². The Kier molecular flexibility index (Phi) is 10.8. The number of hydrogen-bond donors (Lipinski definition) is 2. The molecule has 0 saturated carbocycles. The van der Waals surface area contributed by atoms with Gasteiger partial charge >= 0.3 is 17.1 Å². The quantitative estimate of drug-likeness (QED) is 0.163. The van der Waals surface area contributed by atoms with Gasteiger partial charge in [0.05, 0.1) is 0 Å². The standard InChI is InChI=1S/C20H22N6OS2.Cu/c1-13(27)14-9-11-16(12-10-14)18(24-26-20(29)22-3)17(23-25-19(28)21-2)15-7-5-4-6-8-15;/h4-12H,1-3H3,(H2,21,25,28)(H2,22,26,29);/q;+2/p-2. The summed E-state index contributed by atoms with van der Waals surface area (Å²) < 4.78 is 0. The fourth-order valence-electron chi connectivity index (χ4n) is 2.23. The van der Waals surface area contributed by atoms with Gasteiger partial charge in [0.15, 0.2) is 5.78 Å². The van der Waals surface area contributed by atoms with Gasteiger partial charge in [-0.25, -0.2) is 0 Å². The van der Waals surface area contributed by atoms with Crippen LogP contribution in [0.15, 0.2) is 75.0 Å². The van der Waals surface area contributed by atoms with E-state index in [1.54, 1.807) is 38.4 Å². The molecule has 0 saturated heterocycles. The summed E-state index contributed by atoms with van der Waals surface area (Å²) in [5, 5.41) is 22.7. The van der Waals surface area contributed by atoms with Crippen molar-refractivity contribution in [2.45, 2.75) is 6.92 Å². The Labute approximate surface area is 197 Å². The minimum Gasteiger partial charge on any atom is -0.741 e. The topological polar surface area (TPSA) is 90.6 Å². The van der Waals surface area contributed by atoms with E-state index in [9.17, 15) is 4.79 Å². The monoisotopic (exact) mass is 487 g/mol. The number of Topliss-reactive ketones (excluding diaryl/α,β-unsaturated/α-hetero) is 1. The van der Waals surface area contributed by atoms with E-state index in [2.05, 4.69) is 31.0 Å². The van der Waals surface area contributed by atoms with Crippen molar-refractivity contribution in [3.05, 3.63) is 71.3 Å². The Morgan fingerprint density at radius 2 is 1.10 bits per heavy atom. The van der Waals surface area contributed by atoms with Crippen molar-refractivity contribution in [2.75, 3.05) is 14.1 Å². The summed E-state index contributed by atoms with van der Waals surface area (Å²) in [5.41, 5.74) is 2.96. The Bertz CT molecular complexity index is 973. The van der Waals surface area contributed by atoms with Crippen LogP contribution in [-0.4, -0.2) is 41.6 Å². The molecule has 0 spiro atoms. The minimum atomic E-state index is -0.0256. The Hall–Kier alpha value is -2.65. The van der Waals surface area contributed by atoms with Crippen LogP contribution in [0.5, 0.6) is 0 Å². The third-order valence-electron chi connectivity index (χ3n) is 3.75. The van der Waals surface area contributed by atoms with Gasteiger partial charge in [-0.3, -0.25) is 4.79 Å². The summed E-state index contributed by atoms with van der Waals surface area (Å²) in [5.74, 6) is -0.0256. The molecule has 0 atom stereocenters. The van der Waals surface area contributed by atoms with Crippen LogP contribution in [0.3, 0.4) is 0 Å². The fourth-order valence-corrected chi connectivity index (χ4v) is 2.31. The third-order valence-corrected chi connectivity index (χ3v) is 4.32. The molecule has 0 aliphatic rings. The molecule has 159 valence electrons. The summed E-state index contributed by atoms with van der Waals surface area (Å²) in [7, 11) is 3.33. The summed E-state index contributed by atoms with van der Waals surface area (Å²) in [6.45, 7) is 1.51. The van der Waals surface area contributed by atoms with E-state index >= 15 is 0 Å². The first-order valence-corrected chi connectivity index (χ1v) is 9.46. The molecule has 0 fully saturated rings. The van der Waals surface area contributed by atoms with Crippen LogP contribution in [0.1, 0.15) is 28.4 Å². The van der Waals surface area contributed by atoms with Crippen molar-refractivity contribution in [1.29, 1.82) is 0 Å². The van der Waals surface area contributed by atoms with E-state index in [4.69, 9.17) is 25.3 Å². The van der Waals surface area contributed by atoms with Gasteiger partial charge in [0.25, 0.3) is 0 Å². The molecule has 0 bridgehead atoms. The van der Waals surface area contributed by atoms with E-state index in [-0.39, 0.29) is 33.2 Å². The summed E-state index contributed by atoms with van der Waals surface area (Å²) in [4.78, 5) is 11.6. The number of carbonyl (C=O) groups excluding carboxylic acids is 1. The predicted molar refractivity (Wildman–Crippen MR) is 124 cm³/mol. The molecule has 7 nitrogen and oxygen atoms in total. The number of benzene rings is 2. The number of carbonyl (C=O) groups is 1. The number of rotatable bonds is 6. The molecule has 0 unspecified atom stereocenters. The molecule has 0 aliphatic heterocycles. The molecule has 2 aromatic rings. The second-order valence-corrected chi connectivity index (χ2v) is 6.48. The average molecular weight is 488 g/mol. The van der Waals surface area contributed by atoms with Gasteiger partial charge in [0.2, 0.25) is 0 Å². The zero-order chi connectivity index (χ0) is 21.2. The molecule has 30 heavy (non-hydrogen) atoms. The molecular formula is C20H20CuN6OS2. The molecular weight excluding hydrogens is 468 g/mol. The molecule has 0 aliphatic carbocycles. The van der Waals surface area contributed by atoms with Crippen molar-refractivity contribution in [2.24, 2.45) is 20.4 Å². The summed E-state index contributed by atoms with van der Waals surface area (Å²) in [6, 6.07) is 16.4. The van der Waals surface area contributed by atoms with Crippen molar-refractivity contribution < 1.29 is 21.9 Å². The summed E-state index contributed by atoms with van der Waals surface area (Å²) in [6.07, 6.45) is 0. The number of ketones is 1. The van der Waals surface area contributed by atoms with E-state index in [1.807, 2.05) is 30.3 Å². The van der Waals surface area contributed by atoms with Gasteiger partial charge in [-0.05, 0) is 17.3 Å². The van der Waals surface area contributed by atoms with E-state index in [0.717, 1.165) is 5.56 Å². The SMILES string of the molecule is CNC([S-])=NN=C(C(=NN=C([S-])NC)c1ccc(C(C)=O)cc1)c1ccccc1.[Cu+2]. The fraction of sp³-hybridized carbons (Fsp3) is 0.150. The average Bonchev–Trinajstić information content (AvgIpc) is 2.76. The molecule has 0 aromatic heterocycles. The van der Waals surface area contributed by atoms with Crippen LogP contribution < -0.4 is 10.6 Å². The van der Waals surface area contributed by atoms with Gasteiger partial charge in [0.1, 0.15) is 11.4 Å². The Balaban J connectivity index is 0.00000450. The Morgan fingerprint density at radius 1 is 0.700 bits per heavy atom. The van der Waals surface area contributed by atoms with Crippen LogP contribution in [0.4, 0.5) is 0 Å². The molecule has 2 rings (SSSR count). The molecule has 2 N–H and O–H groups in total. The Morgan fingerprint density at radius 3 is 1.50 bits per heavy atom. The van der Waals surface area contributed by atoms with Crippen molar-refractivity contribution in [1.82, 2.24) is 10.6 Å². The van der Waals surface area contributed by atoms with E-state index in [0.29, 0.717) is 22.6 Å². The number of amidine groups is 2. The van der Waals surface area contributed by atoms with Gasteiger partial charge in [-0.15, -0.1) is 10.2 Å². The van der Waals surface area contributed by atoms with Gasteiger partial charge in [0, 0.05) is 30.8 Å². The van der Waals surface area contributed by atoms with Gasteiger partial charge < -0.3 is 35.9 Å². The molecule has 1 radical (unpaired) electrons. The van der Waals surface area contributed by atoms with Crippen molar-refractivity contribution in [3.63, 3.8) is 0 Å². The smallest absolute Gasteiger partial charge is 0.741 e. The maximum Gasteiger partial charge on any atom is 2.00 e. The molecule has 0 amide bonds. The van der Waals surface area contributed by atoms with Crippen LogP contribution in [0.2, 0.25) is 0 Å². The zero-order valence-electron chi connectivity index (χ0n) is 16.5. The first-order valence-electron chi connectivity index (χ1n) is 8.64. The molecule has 0 heterocycles. The maximum absolute atomic E-state index is 11.6. The maximum atomic E-state index is 11.6. The number of hydrogen-bond acceptors (Lipinski definition) is 7. The van der Waals surface area contributed by atoms with Crippen molar-refractivity contribution in [3.8, 4) is 0 Å². The summed E-state index contributed by atoms with van der Waals surface area (Å²) >= 11 is 10.2. The van der Waals surface area contributed by atoms with Crippen LogP contribution >= 0.6 is 0 Å². The molecule has 10 heteroatoms. The molecule has 2 aromatic carbocycles. The van der Waals surface area contributed by atoms with Gasteiger partial charge in [-0.1, -0.05) is 54.6 Å². The van der Waals surface area contributed by atoms with Crippen molar-refractivity contribution >= 4 is 52.8 Å². The minimum absolute atomic E-state index is 0.